The van der Waals surface area contributed by atoms with E-state index in [1.165, 1.54) is 0 Å². The van der Waals surface area contributed by atoms with Crippen molar-refractivity contribution in [3.8, 4) is 0 Å². The predicted molar refractivity (Wildman–Crippen MR) is 65.3 cm³/mol. The molecule has 0 amide bonds. The van der Waals surface area contributed by atoms with Gasteiger partial charge in [0.2, 0.25) is 0 Å². The van der Waals surface area contributed by atoms with E-state index in [9.17, 15) is 4.79 Å². The first-order valence-electron chi connectivity index (χ1n) is 4.25. The molecule has 0 aliphatic carbocycles. The first-order valence-corrected chi connectivity index (χ1v) is 6.33. The lowest BCUT2D eigenvalue weighted by atomic mass is 10.4. The van der Waals surface area contributed by atoms with Crippen LogP contribution in [-0.4, -0.2) is 6.29 Å². The van der Waals surface area contributed by atoms with Crippen molar-refractivity contribution in [2.24, 2.45) is 0 Å². The fourth-order valence-corrected chi connectivity index (χ4v) is 3.17. The quantitative estimate of drug-likeness (QED) is 0.757. The molecular weight excluding hydrogens is 248 g/mol. The average molecular weight is 255 g/mol. The SMILES string of the molecule is O=Cc1ccsc1Sc1ccc(Cl)cc1. The molecule has 76 valence electrons. The third-order valence-corrected chi connectivity index (χ3v) is 4.25. The number of aldehydes is 1. The molecule has 0 radical (unpaired) electrons. The number of carbonyl (C=O) groups is 1. The molecule has 0 aliphatic heterocycles. The molecule has 1 nitrogen and oxygen atoms in total. The molecule has 0 unspecified atom stereocenters. The number of halogens is 1. The molecule has 0 fully saturated rings. The van der Waals surface area contributed by atoms with Crippen LogP contribution in [0.15, 0.2) is 44.8 Å². The molecule has 1 heterocycles. The molecule has 0 saturated heterocycles. The van der Waals surface area contributed by atoms with Gasteiger partial charge in [-0.2, -0.15) is 0 Å². The summed E-state index contributed by atoms with van der Waals surface area (Å²) in [6.07, 6.45) is 0.884. The molecule has 0 bridgehead atoms. The topological polar surface area (TPSA) is 17.1 Å². The van der Waals surface area contributed by atoms with Gasteiger partial charge in [0, 0.05) is 15.5 Å². The largest absolute Gasteiger partial charge is 0.298 e. The summed E-state index contributed by atoms with van der Waals surface area (Å²) in [7, 11) is 0. The van der Waals surface area contributed by atoms with Gasteiger partial charge >= 0.3 is 0 Å². The molecule has 15 heavy (non-hydrogen) atoms. The average Bonchev–Trinajstić information content (AvgIpc) is 2.69. The molecule has 2 rings (SSSR count). The van der Waals surface area contributed by atoms with Gasteiger partial charge in [-0.25, -0.2) is 0 Å². The van der Waals surface area contributed by atoms with Crippen LogP contribution in [0.3, 0.4) is 0 Å². The first-order chi connectivity index (χ1) is 7.29. The number of rotatable bonds is 3. The number of carbonyl (C=O) groups excluding carboxylic acids is 1. The molecular formula is C11H7ClOS2. The van der Waals surface area contributed by atoms with Crippen molar-refractivity contribution >= 4 is 41.0 Å². The van der Waals surface area contributed by atoms with Crippen LogP contribution in [0.5, 0.6) is 0 Å². The molecule has 0 atom stereocenters. The summed E-state index contributed by atoms with van der Waals surface area (Å²) in [5.41, 5.74) is 0.750. The smallest absolute Gasteiger partial charge is 0.152 e. The summed E-state index contributed by atoms with van der Waals surface area (Å²) < 4.78 is 1.02. The highest BCUT2D eigenvalue weighted by molar-refractivity contribution is 8.01. The summed E-state index contributed by atoms with van der Waals surface area (Å²) in [6, 6.07) is 9.41. The number of benzene rings is 1. The highest BCUT2D eigenvalue weighted by Crippen LogP contribution is 2.34. The zero-order valence-electron chi connectivity index (χ0n) is 7.64. The van der Waals surface area contributed by atoms with E-state index in [-0.39, 0.29) is 0 Å². The van der Waals surface area contributed by atoms with Gasteiger partial charge in [0.1, 0.15) is 0 Å². The van der Waals surface area contributed by atoms with E-state index in [0.717, 1.165) is 26.0 Å². The third kappa shape index (κ3) is 2.62. The van der Waals surface area contributed by atoms with Crippen molar-refractivity contribution in [2.45, 2.75) is 9.10 Å². The van der Waals surface area contributed by atoms with Crippen LogP contribution in [0.4, 0.5) is 0 Å². The van der Waals surface area contributed by atoms with E-state index in [4.69, 9.17) is 11.6 Å². The van der Waals surface area contributed by atoms with Gasteiger partial charge in [0.05, 0.1) is 4.21 Å². The summed E-state index contributed by atoms with van der Waals surface area (Å²) in [4.78, 5) is 11.8. The van der Waals surface area contributed by atoms with Crippen LogP contribution < -0.4 is 0 Å². The maximum atomic E-state index is 10.7. The van der Waals surface area contributed by atoms with Crippen molar-refractivity contribution < 1.29 is 4.79 Å². The van der Waals surface area contributed by atoms with Crippen molar-refractivity contribution in [3.63, 3.8) is 0 Å². The maximum absolute atomic E-state index is 10.7. The summed E-state index contributed by atoms with van der Waals surface area (Å²) in [5, 5.41) is 2.64. The molecule has 2 aromatic rings. The Morgan fingerprint density at radius 1 is 1.20 bits per heavy atom. The molecule has 0 saturated carbocycles. The monoisotopic (exact) mass is 254 g/mol. The van der Waals surface area contributed by atoms with E-state index >= 15 is 0 Å². The van der Waals surface area contributed by atoms with E-state index < -0.39 is 0 Å². The Labute approximate surface area is 101 Å². The highest BCUT2D eigenvalue weighted by atomic mass is 35.5. The Bertz CT molecular complexity index is 462. The van der Waals surface area contributed by atoms with Gasteiger partial charge in [0.25, 0.3) is 0 Å². The fraction of sp³-hybridized carbons (Fsp3) is 0. The Balaban J connectivity index is 2.21. The van der Waals surface area contributed by atoms with Gasteiger partial charge in [-0.15, -0.1) is 11.3 Å². The molecule has 0 N–H and O–H groups in total. The Morgan fingerprint density at radius 3 is 2.60 bits per heavy atom. The van der Waals surface area contributed by atoms with Crippen LogP contribution >= 0.6 is 34.7 Å². The normalized spacial score (nSPS) is 10.2. The van der Waals surface area contributed by atoms with Crippen LogP contribution in [0.2, 0.25) is 5.02 Å². The second-order valence-electron chi connectivity index (χ2n) is 2.84. The second-order valence-corrected chi connectivity index (χ2v) is 5.53. The zero-order chi connectivity index (χ0) is 10.7. The number of thiophene rings is 1. The molecule has 0 aliphatic rings. The summed E-state index contributed by atoms with van der Waals surface area (Å²) >= 11 is 8.94. The molecule has 1 aromatic heterocycles. The zero-order valence-corrected chi connectivity index (χ0v) is 10.0. The third-order valence-electron chi connectivity index (χ3n) is 1.81. The van der Waals surface area contributed by atoms with Crippen LogP contribution in [-0.2, 0) is 0 Å². The molecule has 0 spiro atoms. The van der Waals surface area contributed by atoms with Crippen molar-refractivity contribution in [3.05, 3.63) is 46.3 Å². The van der Waals surface area contributed by atoms with E-state index in [0.29, 0.717) is 0 Å². The van der Waals surface area contributed by atoms with E-state index in [2.05, 4.69) is 0 Å². The lowest BCUT2D eigenvalue weighted by molar-refractivity contribution is 0.112. The summed E-state index contributed by atoms with van der Waals surface area (Å²) in [5.74, 6) is 0. The first kappa shape index (κ1) is 10.7. The van der Waals surface area contributed by atoms with Gasteiger partial charge in [-0.3, -0.25) is 4.79 Å². The minimum absolute atomic E-state index is 0.723. The van der Waals surface area contributed by atoms with Gasteiger partial charge in [0.15, 0.2) is 6.29 Å². The fourth-order valence-electron chi connectivity index (χ4n) is 1.09. The van der Waals surface area contributed by atoms with Crippen molar-refractivity contribution in [2.75, 3.05) is 0 Å². The van der Waals surface area contributed by atoms with Crippen LogP contribution in [0.25, 0.3) is 0 Å². The van der Waals surface area contributed by atoms with Crippen molar-refractivity contribution in [1.29, 1.82) is 0 Å². The Kier molecular flexibility index (Phi) is 3.46. The lowest BCUT2D eigenvalue weighted by Crippen LogP contribution is -1.76. The Hall–Kier alpha value is -0.770. The van der Waals surface area contributed by atoms with Crippen LogP contribution in [0, 0.1) is 0 Å². The van der Waals surface area contributed by atoms with Gasteiger partial charge in [-0.1, -0.05) is 23.4 Å². The summed E-state index contributed by atoms with van der Waals surface area (Å²) in [6.45, 7) is 0. The second kappa shape index (κ2) is 4.84. The number of hydrogen-bond donors (Lipinski definition) is 0. The highest BCUT2D eigenvalue weighted by Gasteiger charge is 2.04. The van der Waals surface area contributed by atoms with Gasteiger partial charge < -0.3 is 0 Å². The van der Waals surface area contributed by atoms with Crippen LogP contribution in [0.1, 0.15) is 10.4 Å². The standard InChI is InChI=1S/C11H7ClOS2/c12-9-1-3-10(4-2-9)15-11-8(7-13)5-6-14-11/h1-7H. The van der Waals surface area contributed by atoms with Crippen molar-refractivity contribution in [1.82, 2.24) is 0 Å². The minimum atomic E-state index is 0.723. The lowest BCUT2D eigenvalue weighted by Gasteiger charge is -1.99. The van der Waals surface area contributed by atoms with Gasteiger partial charge in [-0.05, 0) is 35.7 Å². The molecule has 1 aromatic carbocycles. The van der Waals surface area contributed by atoms with E-state index in [1.807, 2.05) is 35.7 Å². The minimum Gasteiger partial charge on any atom is -0.298 e. The van der Waals surface area contributed by atoms with E-state index in [1.54, 1.807) is 23.1 Å². The maximum Gasteiger partial charge on any atom is 0.152 e. The predicted octanol–water partition coefficient (Wildman–Crippen LogP) is 4.37. The molecule has 4 heteroatoms. The number of hydrogen-bond acceptors (Lipinski definition) is 3. The Morgan fingerprint density at radius 2 is 1.93 bits per heavy atom.